The normalized spacial score (nSPS) is 19.3. The van der Waals surface area contributed by atoms with Crippen LogP contribution in [0.25, 0.3) is 10.9 Å². The highest BCUT2D eigenvalue weighted by molar-refractivity contribution is 5.78. The largest absolute Gasteiger partial charge is 0.291 e. The Labute approximate surface area is 123 Å². The Balaban J connectivity index is 1.59. The number of aromatic amines is 1. The van der Waals surface area contributed by atoms with Crippen LogP contribution in [0.15, 0.2) is 48.8 Å². The van der Waals surface area contributed by atoms with Crippen LogP contribution in [-0.2, 0) is 6.54 Å². The van der Waals surface area contributed by atoms with Gasteiger partial charge in [0.2, 0.25) is 0 Å². The zero-order valence-electron chi connectivity index (χ0n) is 11.9. The smallest absolute Gasteiger partial charge is 0.0702 e. The maximum Gasteiger partial charge on any atom is 0.0702 e. The predicted octanol–water partition coefficient (Wildman–Crippen LogP) is 3.30. The number of benzene rings is 1. The Morgan fingerprint density at radius 3 is 3.10 bits per heavy atom. The predicted molar refractivity (Wildman–Crippen MR) is 82.7 cm³/mol. The van der Waals surface area contributed by atoms with Gasteiger partial charge in [-0.15, -0.1) is 0 Å². The summed E-state index contributed by atoms with van der Waals surface area (Å²) in [6.45, 7) is 2.13. The van der Waals surface area contributed by atoms with E-state index in [2.05, 4.69) is 50.4 Å². The lowest BCUT2D eigenvalue weighted by atomic mass is 10.1. The van der Waals surface area contributed by atoms with Crippen molar-refractivity contribution in [3.63, 3.8) is 0 Å². The number of nitrogens with one attached hydrogen (secondary N) is 1. The molecule has 0 saturated carbocycles. The fraction of sp³-hybridized carbons (Fsp3) is 0.294. The van der Waals surface area contributed by atoms with Crippen molar-refractivity contribution < 1.29 is 0 Å². The van der Waals surface area contributed by atoms with Crippen molar-refractivity contribution in [3.05, 3.63) is 60.0 Å². The van der Waals surface area contributed by atoms with E-state index in [-0.39, 0.29) is 0 Å². The first-order valence-corrected chi connectivity index (χ1v) is 7.47. The third-order valence-corrected chi connectivity index (χ3v) is 4.30. The number of hydrogen-bond donors (Lipinski definition) is 1. The molecule has 1 fully saturated rings. The molecule has 0 spiro atoms. The second-order valence-electron chi connectivity index (χ2n) is 5.67. The molecule has 1 unspecified atom stereocenters. The lowest BCUT2D eigenvalue weighted by Crippen LogP contribution is -2.23. The third-order valence-electron chi connectivity index (χ3n) is 4.30. The molecule has 2 aromatic heterocycles. The monoisotopic (exact) mass is 278 g/mol. The van der Waals surface area contributed by atoms with E-state index in [9.17, 15) is 0 Å². The number of nitrogens with zero attached hydrogens (tertiary/aromatic N) is 3. The van der Waals surface area contributed by atoms with E-state index >= 15 is 0 Å². The Morgan fingerprint density at radius 2 is 2.19 bits per heavy atom. The van der Waals surface area contributed by atoms with Gasteiger partial charge in [0.15, 0.2) is 0 Å². The molecule has 0 radical (unpaired) electrons. The van der Waals surface area contributed by atoms with E-state index in [0.717, 1.165) is 18.6 Å². The van der Waals surface area contributed by atoms with Crippen molar-refractivity contribution in [1.29, 1.82) is 0 Å². The minimum atomic E-state index is 0.470. The molecule has 4 nitrogen and oxygen atoms in total. The van der Waals surface area contributed by atoms with Gasteiger partial charge in [-0.3, -0.25) is 15.0 Å². The second kappa shape index (κ2) is 5.30. The van der Waals surface area contributed by atoms with Crippen LogP contribution in [0.3, 0.4) is 0 Å². The van der Waals surface area contributed by atoms with Gasteiger partial charge in [-0.25, -0.2) is 0 Å². The summed E-state index contributed by atoms with van der Waals surface area (Å²) in [5, 5.41) is 8.43. The summed E-state index contributed by atoms with van der Waals surface area (Å²) in [4.78, 5) is 6.92. The van der Waals surface area contributed by atoms with Crippen molar-refractivity contribution in [3.8, 4) is 0 Å². The van der Waals surface area contributed by atoms with Gasteiger partial charge in [-0.05, 0) is 49.2 Å². The molecule has 1 atom stereocenters. The molecule has 4 rings (SSSR count). The molecule has 4 heteroatoms. The molecule has 0 aliphatic carbocycles. The lowest BCUT2D eigenvalue weighted by Gasteiger charge is -2.23. The summed E-state index contributed by atoms with van der Waals surface area (Å²) in [5.41, 5.74) is 3.64. The van der Waals surface area contributed by atoms with Crippen LogP contribution >= 0.6 is 0 Å². The molecule has 0 amide bonds. The van der Waals surface area contributed by atoms with Crippen LogP contribution in [-0.4, -0.2) is 26.6 Å². The average molecular weight is 278 g/mol. The molecule has 1 aliphatic rings. The number of fused-ring (bicyclic) bond motifs is 1. The van der Waals surface area contributed by atoms with Gasteiger partial charge in [-0.1, -0.05) is 12.1 Å². The topological polar surface area (TPSA) is 44.8 Å². The first kappa shape index (κ1) is 12.5. The zero-order chi connectivity index (χ0) is 14.1. The molecular formula is C17H18N4. The van der Waals surface area contributed by atoms with Gasteiger partial charge in [0.05, 0.1) is 17.3 Å². The molecule has 1 saturated heterocycles. The van der Waals surface area contributed by atoms with E-state index in [1.807, 2.05) is 18.5 Å². The van der Waals surface area contributed by atoms with Crippen molar-refractivity contribution >= 4 is 10.9 Å². The van der Waals surface area contributed by atoms with Crippen molar-refractivity contribution in [2.45, 2.75) is 25.4 Å². The fourth-order valence-electron chi connectivity index (χ4n) is 3.28. The van der Waals surface area contributed by atoms with Gasteiger partial charge < -0.3 is 0 Å². The third kappa shape index (κ3) is 2.43. The van der Waals surface area contributed by atoms with Crippen LogP contribution < -0.4 is 0 Å². The summed E-state index contributed by atoms with van der Waals surface area (Å²) in [5.74, 6) is 0. The molecule has 106 valence electrons. The van der Waals surface area contributed by atoms with Crippen LogP contribution in [0, 0.1) is 0 Å². The minimum Gasteiger partial charge on any atom is -0.291 e. The Morgan fingerprint density at radius 1 is 1.19 bits per heavy atom. The second-order valence-corrected chi connectivity index (χ2v) is 5.67. The Bertz CT molecular complexity index is 735. The number of pyridine rings is 1. The Hall–Kier alpha value is -2.20. The van der Waals surface area contributed by atoms with Crippen molar-refractivity contribution in [2.75, 3.05) is 6.54 Å². The number of aromatic nitrogens is 3. The maximum absolute atomic E-state index is 4.38. The van der Waals surface area contributed by atoms with Gasteiger partial charge in [0.1, 0.15) is 0 Å². The van der Waals surface area contributed by atoms with Crippen molar-refractivity contribution in [2.24, 2.45) is 0 Å². The number of hydrogen-bond acceptors (Lipinski definition) is 3. The Kier molecular flexibility index (Phi) is 3.16. The first-order valence-electron chi connectivity index (χ1n) is 7.47. The first-order chi connectivity index (χ1) is 10.4. The fourth-order valence-corrected chi connectivity index (χ4v) is 3.28. The number of rotatable bonds is 3. The molecule has 21 heavy (non-hydrogen) atoms. The summed E-state index contributed by atoms with van der Waals surface area (Å²) in [6.07, 6.45) is 6.14. The summed E-state index contributed by atoms with van der Waals surface area (Å²) in [7, 11) is 0. The quantitative estimate of drug-likeness (QED) is 0.799. The zero-order valence-corrected chi connectivity index (χ0v) is 11.9. The summed E-state index contributed by atoms with van der Waals surface area (Å²) < 4.78 is 0. The maximum atomic E-state index is 4.38. The minimum absolute atomic E-state index is 0.470. The van der Waals surface area contributed by atoms with E-state index < -0.39 is 0 Å². The van der Waals surface area contributed by atoms with E-state index in [0.29, 0.717) is 6.04 Å². The van der Waals surface area contributed by atoms with Crippen LogP contribution in [0.2, 0.25) is 0 Å². The van der Waals surface area contributed by atoms with Gasteiger partial charge in [0, 0.05) is 24.3 Å². The molecule has 1 aliphatic heterocycles. The van der Waals surface area contributed by atoms with Crippen LogP contribution in [0.1, 0.15) is 30.1 Å². The van der Waals surface area contributed by atoms with Gasteiger partial charge >= 0.3 is 0 Å². The van der Waals surface area contributed by atoms with Gasteiger partial charge in [-0.2, -0.15) is 5.10 Å². The van der Waals surface area contributed by atoms with E-state index in [4.69, 9.17) is 0 Å². The summed E-state index contributed by atoms with van der Waals surface area (Å²) >= 11 is 0. The van der Waals surface area contributed by atoms with Crippen molar-refractivity contribution in [1.82, 2.24) is 20.1 Å². The van der Waals surface area contributed by atoms with E-state index in [1.165, 1.54) is 29.5 Å². The standard InChI is InChI=1S/C17H18N4/c1-3-14-11-13(5-6-15(14)18-8-1)12-21-10-2-4-17(21)16-7-9-19-20-16/h1,3,5-9,11,17H,2,4,10,12H2,(H,19,20). The van der Waals surface area contributed by atoms with E-state index in [1.54, 1.807) is 0 Å². The number of likely N-dealkylation sites (tertiary alicyclic amines) is 1. The lowest BCUT2D eigenvalue weighted by molar-refractivity contribution is 0.244. The molecule has 3 heterocycles. The van der Waals surface area contributed by atoms with Crippen LogP contribution in [0.4, 0.5) is 0 Å². The average Bonchev–Trinajstić information content (AvgIpc) is 3.18. The molecule has 1 aromatic carbocycles. The molecule has 0 bridgehead atoms. The van der Waals surface area contributed by atoms with Crippen LogP contribution in [0.5, 0.6) is 0 Å². The summed E-state index contributed by atoms with van der Waals surface area (Å²) in [6, 6.07) is 13.2. The van der Waals surface area contributed by atoms with Gasteiger partial charge in [0.25, 0.3) is 0 Å². The molecule has 1 N–H and O–H groups in total. The molecule has 3 aromatic rings. The highest BCUT2D eigenvalue weighted by atomic mass is 15.2. The highest BCUT2D eigenvalue weighted by Gasteiger charge is 2.26. The highest BCUT2D eigenvalue weighted by Crippen LogP contribution is 2.32. The molecular weight excluding hydrogens is 260 g/mol. The SMILES string of the molecule is c1cnc2ccc(CN3CCCC3c3ccn[nH]3)cc2c1. The number of H-pyrrole nitrogens is 1.